The minimum absolute atomic E-state index is 0.0391. The molecule has 2 atom stereocenters. The summed E-state index contributed by atoms with van der Waals surface area (Å²) >= 11 is 1.40. The third-order valence-electron chi connectivity index (χ3n) is 5.30. The van der Waals surface area contributed by atoms with Gasteiger partial charge in [-0.25, -0.2) is 9.78 Å². The van der Waals surface area contributed by atoms with Crippen molar-refractivity contribution in [1.82, 2.24) is 15.6 Å². The van der Waals surface area contributed by atoms with Crippen LogP contribution in [0.25, 0.3) is 0 Å². The van der Waals surface area contributed by atoms with E-state index in [-0.39, 0.29) is 30.5 Å². The first-order chi connectivity index (χ1) is 14.2. The molecule has 1 saturated carbocycles. The van der Waals surface area contributed by atoms with Crippen LogP contribution in [0.5, 0.6) is 0 Å². The number of thiazole rings is 1. The van der Waals surface area contributed by atoms with Crippen molar-refractivity contribution in [2.75, 3.05) is 18.0 Å². The molecule has 0 bridgehead atoms. The van der Waals surface area contributed by atoms with Crippen LogP contribution >= 0.6 is 11.3 Å². The van der Waals surface area contributed by atoms with E-state index in [0.717, 1.165) is 31.2 Å². The summed E-state index contributed by atoms with van der Waals surface area (Å²) in [5.74, 6) is -0.0508. The molecule has 3 amide bonds. The Bertz CT molecular complexity index is 841. The van der Waals surface area contributed by atoms with Crippen LogP contribution in [-0.4, -0.2) is 42.2 Å². The molecule has 2 fully saturated rings. The van der Waals surface area contributed by atoms with Crippen LogP contribution in [0.4, 0.5) is 9.93 Å². The number of rotatable bonds is 7. The van der Waals surface area contributed by atoms with E-state index in [9.17, 15) is 9.59 Å². The van der Waals surface area contributed by atoms with Gasteiger partial charge in [0.05, 0.1) is 30.9 Å². The minimum atomic E-state index is -0.119. The van der Waals surface area contributed by atoms with Crippen molar-refractivity contribution < 1.29 is 14.3 Å². The molecule has 2 heterocycles. The Morgan fingerprint density at radius 2 is 2.14 bits per heavy atom. The van der Waals surface area contributed by atoms with Crippen molar-refractivity contribution in [3.8, 4) is 0 Å². The second-order valence-electron chi connectivity index (χ2n) is 7.48. The fourth-order valence-corrected chi connectivity index (χ4v) is 4.65. The Balaban J connectivity index is 1.28. The van der Waals surface area contributed by atoms with E-state index >= 15 is 0 Å². The molecule has 1 aromatic carbocycles. The molecule has 4 rings (SSSR count). The first kappa shape index (κ1) is 19.8. The molecular formula is C21H26N4O3S. The number of carbonyl (C=O) groups is 2. The molecular weight excluding hydrogens is 388 g/mol. The third-order valence-corrected chi connectivity index (χ3v) is 6.21. The van der Waals surface area contributed by atoms with E-state index < -0.39 is 0 Å². The number of hydrogen-bond donors (Lipinski definition) is 2. The molecule has 2 aromatic rings. The monoisotopic (exact) mass is 414 g/mol. The molecule has 1 aliphatic heterocycles. The third kappa shape index (κ3) is 5.13. The zero-order valence-electron chi connectivity index (χ0n) is 16.3. The van der Waals surface area contributed by atoms with Gasteiger partial charge in [-0.05, 0) is 31.2 Å². The van der Waals surface area contributed by atoms with Crippen LogP contribution in [0, 0.1) is 0 Å². The van der Waals surface area contributed by atoms with E-state index in [4.69, 9.17) is 4.74 Å². The lowest BCUT2D eigenvalue weighted by Gasteiger charge is -2.24. The summed E-state index contributed by atoms with van der Waals surface area (Å²) in [6.07, 6.45) is 4.10. The molecule has 0 spiro atoms. The van der Waals surface area contributed by atoms with Gasteiger partial charge in [0.1, 0.15) is 0 Å². The van der Waals surface area contributed by atoms with E-state index in [2.05, 4.69) is 15.6 Å². The van der Waals surface area contributed by atoms with Gasteiger partial charge in [0.25, 0.3) is 0 Å². The maximum absolute atomic E-state index is 12.5. The average molecular weight is 415 g/mol. The van der Waals surface area contributed by atoms with Crippen LogP contribution in [0.15, 0.2) is 35.7 Å². The van der Waals surface area contributed by atoms with Crippen LogP contribution in [-0.2, 0) is 22.6 Å². The van der Waals surface area contributed by atoms with Gasteiger partial charge in [-0.2, -0.15) is 0 Å². The maximum Gasteiger partial charge on any atom is 0.323 e. The van der Waals surface area contributed by atoms with Gasteiger partial charge < -0.3 is 15.4 Å². The number of carbonyl (C=O) groups excluding carboxylic acids is 2. The van der Waals surface area contributed by atoms with E-state index in [0.29, 0.717) is 30.5 Å². The zero-order valence-corrected chi connectivity index (χ0v) is 17.1. The summed E-state index contributed by atoms with van der Waals surface area (Å²) < 4.78 is 6.07. The minimum Gasteiger partial charge on any atom is -0.371 e. The molecule has 1 saturated heterocycles. The Hall–Kier alpha value is -2.45. The summed E-state index contributed by atoms with van der Waals surface area (Å²) in [6.45, 7) is 1.92. The highest BCUT2D eigenvalue weighted by Gasteiger charge is 2.29. The summed E-state index contributed by atoms with van der Waals surface area (Å²) in [5.41, 5.74) is 1.84. The van der Waals surface area contributed by atoms with E-state index in [1.807, 2.05) is 35.7 Å². The predicted octanol–water partition coefficient (Wildman–Crippen LogP) is 2.86. The number of hydrogen-bond acceptors (Lipinski definition) is 5. The number of amides is 3. The quantitative estimate of drug-likeness (QED) is 0.730. The second-order valence-corrected chi connectivity index (χ2v) is 8.31. The smallest absolute Gasteiger partial charge is 0.323 e. The molecule has 0 unspecified atom stereocenters. The first-order valence-electron chi connectivity index (χ1n) is 10.1. The number of ether oxygens (including phenoxy) is 1. The highest BCUT2D eigenvalue weighted by Crippen LogP contribution is 2.25. The van der Waals surface area contributed by atoms with Crippen molar-refractivity contribution in [3.63, 3.8) is 0 Å². The van der Waals surface area contributed by atoms with Crippen molar-refractivity contribution in [1.29, 1.82) is 0 Å². The fourth-order valence-electron chi connectivity index (χ4n) is 3.80. The molecule has 8 heteroatoms. The summed E-state index contributed by atoms with van der Waals surface area (Å²) in [7, 11) is 0. The van der Waals surface area contributed by atoms with Gasteiger partial charge in [0, 0.05) is 18.5 Å². The van der Waals surface area contributed by atoms with Gasteiger partial charge in [0.15, 0.2) is 5.13 Å². The van der Waals surface area contributed by atoms with Gasteiger partial charge in [-0.15, -0.1) is 11.3 Å². The summed E-state index contributed by atoms with van der Waals surface area (Å²) in [4.78, 5) is 30.6. The lowest BCUT2D eigenvalue weighted by molar-refractivity contribution is -0.122. The highest BCUT2D eigenvalue weighted by molar-refractivity contribution is 7.14. The molecule has 1 aliphatic carbocycles. The Morgan fingerprint density at radius 3 is 2.97 bits per heavy atom. The van der Waals surface area contributed by atoms with Crippen molar-refractivity contribution in [2.45, 2.75) is 50.9 Å². The molecule has 7 nitrogen and oxygen atoms in total. The Kier molecular flexibility index (Phi) is 6.41. The molecule has 0 radical (unpaired) electrons. The first-order valence-corrected chi connectivity index (χ1v) is 11.0. The lowest BCUT2D eigenvalue weighted by Crippen LogP contribution is -2.46. The topological polar surface area (TPSA) is 83.6 Å². The molecule has 1 aromatic heterocycles. The molecule has 29 heavy (non-hydrogen) atoms. The SMILES string of the molecule is O=C(Cc1csc(N2CCCNC2=O)n1)N[C@@H]1CCC[C@H]1OCc1ccccc1. The summed E-state index contributed by atoms with van der Waals surface area (Å²) in [5, 5.41) is 8.44. The van der Waals surface area contributed by atoms with Gasteiger partial charge in [-0.3, -0.25) is 9.69 Å². The largest absolute Gasteiger partial charge is 0.371 e. The van der Waals surface area contributed by atoms with Crippen molar-refractivity contribution in [2.24, 2.45) is 0 Å². The number of urea groups is 1. The Labute approximate surface area is 174 Å². The number of nitrogens with one attached hydrogen (secondary N) is 2. The van der Waals surface area contributed by atoms with Gasteiger partial charge >= 0.3 is 6.03 Å². The van der Waals surface area contributed by atoms with Crippen LogP contribution in [0.1, 0.15) is 36.9 Å². The highest BCUT2D eigenvalue weighted by atomic mass is 32.1. The molecule has 2 aliphatic rings. The predicted molar refractivity (Wildman–Crippen MR) is 112 cm³/mol. The molecule has 154 valence electrons. The Morgan fingerprint density at radius 1 is 1.28 bits per heavy atom. The number of aromatic nitrogens is 1. The van der Waals surface area contributed by atoms with Crippen LogP contribution < -0.4 is 15.5 Å². The van der Waals surface area contributed by atoms with Gasteiger partial charge in [-0.1, -0.05) is 30.3 Å². The number of anilines is 1. The van der Waals surface area contributed by atoms with Crippen molar-refractivity contribution >= 4 is 28.4 Å². The summed E-state index contributed by atoms with van der Waals surface area (Å²) in [6, 6.07) is 10.0. The second kappa shape index (κ2) is 9.37. The normalized spacial score (nSPS) is 21.8. The molecule has 2 N–H and O–H groups in total. The lowest BCUT2D eigenvalue weighted by atomic mass is 10.2. The fraction of sp³-hybridized carbons (Fsp3) is 0.476. The average Bonchev–Trinajstić information content (AvgIpc) is 3.37. The van der Waals surface area contributed by atoms with E-state index in [1.165, 1.54) is 11.3 Å². The van der Waals surface area contributed by atoms with Gasteiger partial charge in [0.2, 0.25) is 5.91 Å². The number of nitrogens with zero attached hydrogens (tertiary/aromatic N) is 2. The maximum atomic E-state index is 12.5. The van der Waals surface area contributed by atoms with Crippen molar-refractivity contribution in [3.05, 3.63) is 47.0 Å². The van der Waals surface area contributed by atoms with Crippen LogP contribution in [0.2, 0.25) is 0 Å². The zero-order chi connectivity index (χ0) is 20.1. The van der Waals surface area contributed by atoms with Crippen LogP contribution in [0.3, 0.4) is 0 Å². The van der Waals surface area contributed by atoms with E-state index in [1.54, 1.807) is 4.90 Å². The standard InChI is InChI=1S/C21H26N4O3S/c26-19(12-16-14-29-21(23-16)25-11-5-10-22-20(25)27)24-17-8-4-9-18(17)28-13-15-6-2-1-3-7-15/h1-3,6-7,14,17-18H,4-5,8-13H2,(H,22,27)(H,24,26)/t17-,18-/m1/s1. The number of benzene rings is 1.